The predicted molar refractivity (Wildman–Crippen MR) is 64.7 cm³/mol. The molecule has 0 spiro atoms. The Bertz CT molecular complexity index is 266. The zero-order valence-electron chi connectivity index (χ0n) is 10.2. The van der Waals surface area contributed by atoms with Gasteiger partial charge in [-0.2, -0.15) is 0 Å². The van der Waals surface area contributed by atoms with Gasteiger partial charge < -0.3 is 10.1 Å². The molecule has 0 amide bonds. The molecule has 1 aliphatic rings. The summed E-state index contributed by atoms with van der Waals surface area (Å²) in [5.41, 5.74) is 0. The minimum absolute atomic E-state index is 0.164. The van der Waals surface area contributed by atoms with Gasteiger partial charge in [-0.1, -0.05) is 6.92 Å². The molecule has 4 nitrogen and oxygen atoms in total. The summed E-state index contributed by atoms with van der Waals surface area (Å²) in [5, 5.41) is 3.38. The SMILES string of the molecule is COC(=O)C(NCCC(C)S(C)=O)C1CC1. The van der Waals surface area contributed by atoms with Gasteiger partial charge in [-0.25, -0.2) is 0 Å². The van der Waals surface area contributed by atoms with Crippen molar-refractivity contribution in [3.63, 3.8) is 0 Å². The summed E-state index contributed by atoms with van der Waals surface area (Å²) in [6.45, 7) is 2.68. The van der Waals surface area contributed by atoms with Crippen LogP contribution in [0.15, 0.2) is 0 Å². The normalized spacial score (nSPS) is 21.2. The first-order valence-electron chi connectivity index (χ1n) is 5.69. The molecule has 16 heavy (non-hydrogen) atoms. The summed E-state index contributed by atoms with van der Waals surface area (Å²) in [7, 11) is 0.631. The van der Waals surface area contributed by atoms with Crippen LogP contribution in [-0.2, 0) is 20.3 Å². The van der Waals surface area contributed by atoms with E-state index >= 15 is 0 Å². The Kier molecular flexibility index (Phi) is 5.41. The maximum Gasteiger partial charge on any atom is 0.323 e. The molecule has 0 heterocycles. The molecule has 94 valence electrons. The summed E-state index contributed by atoms with van der Waals surface area (Å²) in [4.78, 5) is 11.5. The van der Waals surface area contributed by atoms with Crippen LogP contribution in [0.3, 0.4) is 0 Å². The lowest BCUT2D eigenvalue weighted by molar-refractivity contribution is -0.143. The minimum Gasteiger partial charge on any atom is -0.468 e. The molecular weight excluding hydrogens is 226 g/mol. The van der Waals surface area contributed by atoms with Gasteiger partial charge in [0.1, 0.15) is 6.04 Å². The van der Waals surface area contributed by atoms with Crippen LogP contribution in [0.4, 0.5) is 0 Å². The zero-order chi connectivity index (χ0) is 12.1. The predicted octanol–water partition coefficient (Wildman–Crippen LogP) is 0.685. The van der Waals surface area contributed by atoms with Crippen molar-refractivity contribution in [3.8, 4) is 0 Å². The number of hydrogen-bond donors (Lipinski definition) is 1. The molecule has 0 bridgehead atoms. The molecule has 3 unspecified atom stereocenters. The Morgan fingerprint density at radius 1 is 1.56 bits per heavy atom. The number of nitrogens with one attached hydrogen (secondary N) is 1. The van der Waals surface area contributed by atoms with Gasteiger partial charge in [0, 0.05) is 22.3 Å². The molecule has 1 fully saturated rings. The highest BCUT2D eigenvalue weighted by molar-refractivity contribution is 7.84. The average molecular weight is 247 g/mol. The molecule has 0 aromatic carbocycles. The first-order valence-corrected chi connectivity index (χ1v) is 7.31. The molecule has 0 aliphatic heterocycles. The van der Waals surface area contributed by atoms with Crippen molar-refractivity contribution in [3.05, 3.63) is 0 Å². The van der Waals surface area contributed by atoms with Crippen molar-refractivity contribution in [1.82, 2.24) is 5.32 Å². The van der Waals surface area contributed by atoms with Crippen molar-refractivity contribution < 1.29 is 13.7 Å². The molecule has 0 aromatic heterocycles. The van der Waals surface area contributed by atoms with Crippen molar-refractivity contribution in [2.24, 2.45) is 5.92 Å². The molecule has 5 heteroatoms. The third kappa shape index (κ3) is 4.22. The highest BCUT2D eigenvalue weighted by Gasteiger charge is 2.36. The van der Waals surface area contributed by atoms with Crippen LogP contribution < -0.4 is 5.32 Å². The van der Waals surface area contributed by atoms with Gasteiger partial charge in [0.05, 0.1) is 7.11 Å². The average Bonchev–Trinajstić information content (AvgIpc) is 3.06. The minimum atomic E-state index is -0.789. The van der Waals surface area contributed by atoms with Gasteiger partial charge in [-0.15, -0.1) is 0 Å². The van der Waals surface area contributed by atoms with E-state index in [-0.39, 0.29) is 17.3 Å². The monoisotopic (exact) mass is 247 g/mol. The highest BCUT2D eigenvalue weighted by atomic mass is 32.2. The second kappa shape index (κ2) is 6.35. The maximum atomic E-state index is 11.5. The van der Waals surface area contributed by atoms with Gasteiger partial charge in [-0.3, -0.25) is 9.00 Å². The van der Waals surface area contributed by atoms with Crippen LogP contribution in [0.1, 0.15) is 26.2 Å². The van der Waals surface area contributed by atoms with Crippen LogP contribution in [0, 0.1) is 5.92 Å². The third-order valence-corrected chi connectivity index (χ3v) is 4.40. The standard InChI is InChI=1S/C11H21NO3S/c1-8(16(3)14)6-7-12-10(9-4-5-9)11(13)15-2/h8-10,12H,4-7H2,1-3H3. The van der Waals surface area contributed by atoms with Crippen molar-refractivity contribution in [1.29, 1.82) is 0 Å². The fourth-order valence-corrected chi connectivity index (χ4v) is 2.06. The second-order valence-corrected chi connectivity index (χ2v) is 6.19. The van der Waals surface area contributed by atoms with Crippen molar-refractivity contribution >= 4 is 16.8 Å². The van der Waals surface area contributed by atoms with Crippen LogP contribution in [0.25, 0.3) is 0 Å². The quantitative estimate of drug-likeness (QED) is 0.672. The van der Waals surface area contributed by atoms with E-state index in [1.807, 2.05) is 6.92 Å². The Balaban J connectivity index is 2.28. The highest BCUT2D eigenvalue weighted by Crippen LogP contribution is 2.33. The smallest absolute Gasteiger partial charge is 0.323 e. The summed E-state index contributed by atoms with van der Waals surface area (Å²) >= 11 is 0. The summed E-state index contributed by atoms with van der Waals surface area (Å²) < 4.78 is 15.9. The summed E-state index contributed by atoms with van der Waals surface area (Å²) in [6.07, 6.45) is 4.73. The fraction of sp³-hybridized carbons (Fsp3) is 0.909. The molecule has 3 atom stereocenters. The van der Waals surface area contributed by atoms with Crippen LogP contribution in [-0.4, -0.2) is 41.4 Å². The largest absolute Gasteiger partial charge is 0.468 e. The Labute approximate surface area is 99.6 Å². The maximum absolute atomic E-state index is 11.5. The van der Waals surface area contributed by atoms with Gasteiger partial charge in [0.25, 0.3) is 0 Å². The van der Waals surface area contributed by atoms with E-state index in [0.717, 1.165) is 25.8 Å². The van der Waals surface area contributed by atoms with E-state index in [0.29, 0.717) is 5.92 Å². The molecule has 1 rings (SSSR count). The number of rotatable bonds is 7. The second-order valence-electron chi connectivity index (χ2n) is 4.39. The van der Waals surface area contributed by atoms with E-state index in [9.17, 15) is 9.00 Å². The molecule has 0 saturated heterocycles. The van der Waals surface area contributed by atoms with Crippen molar-refractivity contribution in [2.75, 3.05) is 19.9 Å². The number of methoxy groups -OCH3 is 1. The summed E-state index contributed by atoms with van der Waals surface area (Å²) in [5.74, 6) is 0.266. The van der Waals surface area contributed by atoms with E-state index in [1.165, 1.54) is 7.11 Å². The van der Waals surface area contributed by atoms with Gasteiger partial charge in [-0.05, 0) is 31.7 Å². The molecule has 0 radical (unpaired) electrons. The molecule has 0 aromatic rings. The van der Waals surface area contributed by atoms with Crippen molar-refractivity contribution in [2.45, 2.75) is 37.5 Å². The topological polar surface area (TPSA) is 55.4 Å². The molecule has 1 aliphatic carbocycles. The lowest BCUT2D eigenvalue weighted by Gasteiger charge is -2.16. The number of carbonyl (C=O) groups is 1. The van der Waals surface area contributed by atoms with E-state index in [1.54, 1.807) is 6.26 Å². The molecule has 1 N–H and O–H groups in total. The van der Waals surface area contributed by atoms with Gasteiger partial charge in [0.15, 0.2) is 0 Å². The Morgan fingerprint density at radius 3 is 2.62 bits per heavy atom. The zero-order valence-corrected chi connectivity index (χ0v) is 11.0. The lowest BCUT2D eigenvalue weighted by Crippen LogP contribution is -2.40. The first kappa shape index (κ1) is 13.6. The molecular formula is C11H21NO3S. The molecule has 1 saturated carbocycles. The van der Waals surface area contributed by atoms with Crippen LogP contribution in [0.2, 0.25) is 0 Å². The Morgan fingerprint density at radius 2 is 2.19 bits per heavy atom. The first-order chi connectivity index (χ1) is 7.56. The third-order valence-electron chi connectivity index (χ3n) is 3.03. The van der Waals surface area contributed by atoms with Crippen LogP contribution >= 0.6 is 0 Å². The van der Waals surface area contributed by atoms with E-state index in [4.69, 9.17) is 4.74 Å². The van der Waals surface area contributed by atoms with Gasteiger partial charge >= 0.3 is 5.97 Å². The number of carbonyl (C=O) groups excluding carboxylic acids is 1. The number of esters is 1. The van der Waals surface area contributed by atoms with E-state index in [2.05, 4.69) is 5.32 Å². The fourth-order valence-electron chi connectivity index (χ4n) is 1.61. The number of ether oxygens (including phenoxy) is 1. The Hall–Kier alpha value is -0.420. The van der Waals surface area contributed by atoms with Gasteiger partial charge in [0.2, 0.25) is 0 Å². The summed E-state index contributed by atoms with van der Waals surface area (Å²) in [6, 6.07) is -0.164. The lowest BCUT2D eigenvalue weighted by atomic mass is 10.2. The van der Waals surface area contributed by atoms with Crippen LogP contribution in [0.5, 0.6) is 0 Å². The van der Waals surface area contributed by atoms with E-state index < -0.39 is 10.8 Å². The number of hydrogen-bond acceptors (Lipinski definition) is 4.